The summed E-state index contributed by atoms with van der Waals surface area (Å²) in [5.41, 5.74) is 3.05. The van der Waals surface area contributed by atoms with E-state index in [9.17, 15) is 0 Å². The Kier molecular flexibility index (Phi) is 3.70. The summed E-state index contributed by atoms with van der Waals surface area (Å²) in [6.07, 6.45) is 0. The molecule has 0 amide bonds. The Labute approximate surface area is 87.2 Å². The molecule has 5 nitrogen and oxygen atoms in total. The van der Waals surface area contributed by atoms with E-state index in [0.717, 1.165) is 5.75 Å². The first-order valence-corrected chi connectivity index (χ1v) is 4.08. The topological polar surface area (TPSA) is 81.2 Å². The van der Waals surface area contributed by atoms with Crippen LogP contribution in [0.2, 0.25) is 0 Å². The lowest BCUT2D eigenvalue weighted by Crippen LogP contribution is -1.96. The lowest BCUT2D eigenvalue weighted by Gasteiger charge is -2.01. The normalized spacial score (nSPS) is 8.20. The number of ether oxygens (including phenoxy) is 1. The predicted octanol–water partition coefficient (Wildman–Crippen LogP) is 1.51. The second kappa shape index (κ2) is 5.25. The molecular weight excluding hydrogens is 192 g/mol. The Bertz CT molecular complexity index is 420. The molecule has 0 saturated heterocycles. The fraction of sp³-hybridized carbons (Fsp3) is 0.100. The lowest BCUT2D eigenvalue weighted by molar-refractivity contribution is 0.415. The highest BCUT2D eigenvalue weighted by Gasteiger charge is 1.94. The van der Waals surface area contributed by atoms with Gasteiger partial charge in [-0.2, -0.15) is 15.6 Å². The first kappa shape index (κ1) is 10.6. The monoisotopic (exact) mass is 200 g/mol. The van der Waals surface area contributed by atoms with Crippen LogP contribution >= 0.6 is 0 Å². The molecule has 1 aromatic rings. The molecule has 0 aliphatic heterocycles. The smallest absolute Gasteiger partial charge is 0.237 e. The van der Waals surface area contributed by atoms with E-state index >= 15 is 0 Å². The fourth-order valence-electron chi connectivity index (χ4n) is 0.861. The lowest BCUT2D eigenvalue weighted by atomic mass is 10.3. The van der Waals surface area contributed by atoms with Gasteiger partial charge in [-0.1, -0.05) is 0 Å². The molecule has 15 heavy (non-hydrogen) atoms. The van der Waals surface area contributed by atoms with Gasteiger partial charge < -0.3 is 4.74 Å². The molecule has 0 fully saturated rings. The van der Waals surface area contributed by atoms with E-state index in [2.05, 4.69) is 10.5 Å². The van der Waals surface area contributed by atoms with Gasteiger partial charge in [0.25, 0.3) is 0 Å². The minimum absolute atomic E-state index is 0.217. The average molecular weight is 200 g/mol. The zero-order valence-electron chi connectivity index (χ0n) is 8.06. The third-order valence-electron chi connectivity index (χ3n) is 1.60. The minimum Gasteiger partial charge on any atom is -0.497 e. The van der Waals surface area contributed by atoms with Crippen molar-refractivity contribution < 1.29 is 4.74 Å². The van der Waals surface area contributed by atoms with Crippen LogP contribution in [-0.2, 0) is 0 Å². The summed E-state index contributed by atoms with van der Waals surface area (Å²) >= 11 is 0. The maximum atomic E-state index is 8.42. The summed E-state index contributed by atoms with van der Waals surface area (Å²) in [5, 5.41) is 20.4. The van der Waals surface area contributed by atoms with Crippen molar-refractivity contribution in [2.45, 2.75) is 0 Å². The second-order valence-corrected chi connectivity index (χ2v) is 2.52. The van der Waals surface area contributed by atoms with Crippen LogP contribution in [0.1, 0.15) is 0 Å². The number of hydrazone groups is 1. The molecule has 0 saturated carbocycles. The van der Waals surface area contributed by atoms with Crippen molar-refractivity contribution in [3.8, 4) is 17.9 Å². The van der Waals surface area contributed by atoms with Crippen LogP contribution in [0.25, 0.3) is 0 Å². The maximum absolute atomic E-state index is 8.42. The second-order valence-electron chi connectivity index (χ2n) is 2.52. The van der Waals surface area contributed by atoms with Crippen LogP contribution in [0.5, 0.6) is 5.75 Å². The first-order valence-electron chi connectivity index (χ1n) is 4.08. The van der Waals surface area contributed by atoms with Crippen LogP contribution in [0.3, 0.4) is 0 Å². The van der Waals surface area contributed by atoms with Crippen molar-refractivity contribution in [3.05, 3.63) is 24.3 Å². The van der Waals surface area contributed by atoms with Crippen molar-refractivity contribution in [3.63, 3.8) is 0 Å². The SMILES string of the molecule is COc1ccc(NN=C(C#N)C#N)cc1. The van der Waals surface area contributed by atoms with E-state index in [1.807, 2.05) is 0 Å². The van der Waals surface area contributed by atoms with Gasteiger partial charge >= 0.3 is 0 Å². The van der Waals surface area contributed by atoms with Gasteiger partial charge in [-0.15, -0.1) is 0 Å². The van der Waals surface area contributed by atoms with Crippen LogP contribution in [0.15, 0.2) is 29.4 Å². The minimum atomic E-state index is -0.217. The standard InChI is InChI=1S/C10H8N4O/c1-15-10-4-2-8(3-5-10)13-14-9(6-11)7-12/h2-5,13H,1H3. The van der Waals surface area contributed by atoms with Gasteiger partial charge in [0.1, 0.15) is 17.9 Å². The van der Waals surface area contributed by atoms with Gasteiger partial charge in [-0.25, -0.2) is 0 Å². The molecule has 5 heteroatoms. The number of anilines is 1. The highest BCUT2D eigenvalue weighted by Crippen LogP contribution is 2.14. The van der Waals surface area contributed by atoms with Crippen molar-refractivity contribution in [2.24, 2.45) is 5.10 Å². The highest BCUT2D eigenvalue weighted by molar-refractivity contribution is 6.10. The molecule has 0 heterocycles. The van der Waals surface area contributed by atoms with E-state index in [4.69, 9.17) is 15.3 Å². The fourth-order valence-corrected chi connectivity index (χ4v) is 0.861. The summed E-state index contributed by atoms with van der Waals surface area (Å²) < 4.78 is 4.97. The zero-order valence-corrected chi connectivity index (χ0v) is 8.06. The molecule has 1 aromatic carbocycles. The largest absolute Gasteiger partial charge is 0.497 e. The molecule has 0 radical (unpaired) electrons. The highest BCUT2D eigenvalue weighted by atomic mass is 16.5. The Hall–Kier alpha value is -2.53. The van der Waals surface area contributed by atoms with E-state index in [1.165, 1.54) is 0 Å². The number of benzene rings is 1. The van der Waals surface area contributed by atoms with Crippen LogP contribution in [0, 0.1) is 22.7 Å². The zero-order chi connectivity index (χ0) is 11.1. The predicted molar refractivity (Wildman–Crippen MR) is 55.3 cm³/mol. The van der Waals surface area contributed by atoms with Crippen molar-refractivity contribution in [1.29, 1.82) is 10.5 Å². The molecule has 74 valence electrons. The van der Waals surface area contributed by atoms with Gasteiger partial charge in [0.15, 0.2) is 0 Å². The van der Waals surface area contributed by atoms with Crippen molar-refractivity contribution >= 4 is 11.4 Å². The quantitative estimate of drug-likeness (QED) is 0.592. The number of hydrogen-bond donors (Lipinski definition) is 1. The van der Waals surface area contributed by atoms with E-state index in [1.54, 1.807) is 43.5 Å². The summed E-state index contributed by atoms with van der Waals surface area (Å²) in [6, 6.07) is 10.2. The Morgan fingerprint density at radius 3 is 2.33 bits per heavy atom. The molecule has 0 aliphatic rings. The van der Waals surface area contributed by atoms with Crippen LogP contribution in [0.4, 0.5) is 5.69 Å². The average Bonchev–Trinajstić information content (AvgIpc) is 2.31. The summed E-state index contributed by atoms with van der Waals surface area (Å²) in [6.45, 7) is 0. The molecule has 1 rings (SSSR count). The number of hydrogen-bond acceptors (Lipinski definition) is 5. The summed E-state index contributed by atoms with van der Waals surface area (Å²) in [7, 11) is 1.57. The van der Waals surface area contributed by atoms with Gasteiger partial charge in [0, 0.05) is 0 Å². The van der Waals surface area contributed by atoms with Crippen LogP contribution < -0.4 is 10.2 Å². The molecule has 0 bridgehead atoms. The molecule has 0 unspecified atom stereocenters. The Morgan fingerprint density at radius 2 is 1.87 bits per heavy atom. The number of methoxy groups -OCH3 is 1. The summed E-state index contributed by atoms with van der Waals surface area (Å²) in [4.78, 5) is 0. The molecule has 0 atom stereocenters. The molecule has 0 aliphatic carbocycles. The third-order valence-corrected chi connectivity index (χ3v) is 1.60. The molecular formula is C10H8N4O. The Balaban J connectivity index is 2.71. The number of rotatable bonds is 3. The first-order chi connectivity index (χ1) is 7.30. The van der Waals surface area contributed by atoms with Gasteiger partial charge in [-0.3, -0.25) is 5.43 Å². The Morgan fingerprint density at radius 1 is 1.27 bits per heavy atom. The molecule has 1 N–H and O–H groups in total. The number of nitrogens with one attached hydrogen (secondary N) is 1. The van der Waals surface area contributed by atoms with Gasteiger partial charge in [-0.05, 0) is 24.3 Å². The summed E-state index contributed by atoms with van der Waals surface area (Å²) in [5.74, 6) is 0.727. The van der Waals surface area contributed by atoms with E-state index < -0.39 is 0 Å². The van der Waals surface area contributed by atoms with Crippen molar-refractivity contribution in [1.82, 2.24) is 0 Å². The van der Waals surface area contributed by atoms with Crippen LogP contribution in [-0.4, -0.2) is 12.8 Å². The van der Waals surface area contributed by atoms with Crippen molar-refractivity contribution in [2.75, 3.05) is 12.5 Å². The maximum Gasteiger partial charge on any atom is 0.237 e. The number of nitriles is 2. The molecule has 0 spiro atoms. The van der Waals surface area contributed by atoms with Gasteiger partial charge in [0.05, 0.1) is 12.8 Å². The van der Waals surface area contributed by atoms with E-state index in [-0.39, 0.29) is 5.71 Å². The molecule has 0 aromatic heterocycles. The van der Waals surface area contributed by atoms with E-state index in [0.29, 0.717) is 5.69 Å². The number of nitrogens with zero attached hydrogens (tertiary/aromatic N) is 3. The van der Waals surface area contributed by atoms with Gasteiger partial charge in [0.2, 0.25) is 5.71 Å². The third kappa shape index (κ3) is 3.02.